The Bertz CT molecular complexity index is 655. The Kier molecular flexibility index (Phi) is 4.29. The van der Waals surface area contributed by atoms with Crippen LogP contribution >= 0.6 is 0 Å². The molecule has 1 N–H and O–H groups in total. The number of hydrogen-bond donors (Lipinski definition) is 1. The number of hydrogen-bond acceptors (Lipinski definition) is 4. The zero-order valence-electron chi connectivity index (χ0n) is 14.5. The quantitative estimate of drug-likeness (QED) is 0.915. The lowest BCUT2D eigenvalue weighted by Gasteiger charge is -2.27. The third-order valence-corrected chi connectivity index (χ3v) is 5.65. The van der Waals surface area contributed by atoms with Gasteiger partial charge in [-0.15, -0.1) is 0 Å². The summed E-state index contributed by atoms with van der Waals surface area (Å²) in [5.74, 6) is 3.53. The molecule has 4 rings (SSSR count). The molecule has 0 spiro atoms. The molecule has 2 saturated heterocycles. The van der Waals surface area contributed by atoms with Gasteiger partial charge in [0.1, 0.15) is 11.6 Å². The first kappa shape index (κ1) is 15.7. The van der Waals surface area contributed by atoms with Crippen LogP contribution in [-0.4, -0.2) is 60.1 Å². The van der Waals surface area contributed by atoms with Crippen molar-refractivity contribution < 1.29 is 4.74 Å². The van der Waals surface area contributed by atoms with Gasteiger partial charge in [0.25, 0.3) is 0 Å². The summed E-state index contributed by atoms with van der Waals surface area (Å²) in [6.07, 6.45) is 4.75. The molecular weight excluding hydrogens is 300 g/mol. The Balaban J connectivity index is 1.43. The van der Waals surface area contributed by atoms with Crippen molar-refractivity contribution in [2.24, 2.45) is 11.8 Å². The second-order valence-electron chi connectivity index (χ2n) is 7.13. The molecule has 1 aromatic heterocycles. The largest absolute Gasteiger partial charge is 0.497 e. The lowest BCUT2D eigenvalue weighted by molar-refractivity contribution is 0.229. The molecule has 1 aromatic carbocycles. The van der Waals surface area contributed by atoms with Gasteiger partial charge in [-0.1, -0.05) is 12.1 Å². The number of fused-ring (bicyclic) bond motifs is 1. The molecule has 0 unspecified atom stereocenters. The van der Waals surface area contributed by atoms with E-state index < -0.39 is 0 Å². The number of aromatic nitrogens is 2. The number of H-pyrrole nitrogens is 1. The summed E-state index contributed by atoms with van der Waals surface area (Å²) in [5, 5.41) is 0. The van der Waals surface area contributed by atoms with Crippen LogP contribution in [0.1, 0.15) is 17.4 Å². The number of methoxy groups -OCH3 is 1. The number of likely N-dealkylation sites (tertiary alicyclic amines) is 2. The molecule has 5 nitrogen and oxygen atoms in total. The van der Waals surface area contributed by atoms with E-state index in [1.54, 1.807) is 7.11 Å². The number of rotatable bonds is 5. The minimum absolute atomic E-state index is 0.523. The third kappa shape index (κ3) is 2.94. The van der Waals surface area contributed by atoms with Gasteiger partial charge in [0.2, 0.25) is 0 Å². The highest BCUT2D eigenvalue weighted by Crippen LogP contribution is 2.44. The Morgan fingerprint density at radius 3 is 2.75 bits per heavy atom. The van der Waals surface area contributed by atoms with Crippen molar-refractivity contribution in [3.63, 3.8) is 0 Å². The summed E-state index contributed by atoms with van der Waals surface area (Å²) < 4.78 is 5.30. The van der Waals surface area contributed by atoms with Gasteiger partial charge in [-0.2, -0.15) is 0 Å². The van der Waals surface area contributed by atoms with E-state index in [-0.39, 0.29) is 0 Å². The second kappa shape index (κ2) is 6.57. The lowest BCUT2D eigenvalue weighted by Crippen LogP contribution is -2.30. The number of benzene rings is 1. The molecule has 0 bridgehead atoms. The van der Waals surface area contributed by atoms with E-state index in [4.69, 9.17) is 4.74 Å². The predicted octanol–water partition coefficient (Wildman–Crippen LogP) is 2.20. The topological polar surface area (TPSA) is 44.4 Å². The monoisotopic (exact) mass is 326 g/mol. The molecule has 0 aliphatic carbocycles. The smallest absolute Gasteiger partial charge is 0.118 e. The third-order valence-electron chi connectivity index (χ3n) is 5.65. The number of ether oxygens (including phenoxy) is 1. The Morgan fingerprint density at radius 1 is 1.21 bits per heavy atom. The van der Waals surface area contributed by atoms with Crippen LogP contribution in [0.3, 0.4) is 0 Å². The van der Waals surface area contributed by atoms with Crippen molar-refractivity contribution in [2.75, 3.05) is 40.3 Å². The zero-order chi connectivity index (χ0) is 16.5. The van der Waals surface area contributed by atoms with Crippen LogP contribution in [0.4, 0.5) is 0 Å². The van der Waals surface area contributed by atoms with Gasteiger partial charge >= 0.3 is 0 Å². The van der Waals surface area contributed by atoms with Crippen molar-refractivity contribution in [3.05, 3.63) is 48.0 Å². The molecule has 2 aliphatic heterocycles. The van der Waals surface area contributed by atoms with E-state index in [2.05, 4.69) is 51.1 Å². The molecule has 2 aromatic rings. The van der Waals surface area contributed by atoms with Gasteiger partial charge in [0.05, 0.1) is 7.11 Å². The van der Waals surface area contributed by atoms with Crippen LogP contribution in [0.15, 0.2) is 36.7 Å². The Hall–Kier alpha value is -1.85. The fourth-order valence-electron chi connectivity index (χ4n) is 4.53. The molecule has 3 atom stereocenters. The minimum atomic E-state index is 0.523. The van der Waals surface area contributed by atoms with Crippen LogP contribution in [0.2, 0.25) is 0 Å². The molecule has 2 fully saturated rings. The summed E-state index contributed by atoms with van der Waals surface area (Å²) in [6.45, 7) is 4.69. The molecule has 5 heteroatoms. The van der Waals surface area contributed by atoms with Crippen molar-refractivity contribution in [2.45, 2.75) is 12.5 Å². The Morgan fingerprint density at radius 2 is 2.04 bits per heavy atom. The lowest BCUT2D eigenvalue weighted by atomic mass is 9.89. The van der Waals surface area contributed by atoms with E-state index in [9.17, 15) is 0 Å². The number of nitrogens with one attached hydrogen (secondary N) is 1. The number of nitrogens with zero attached hydrogens (tertiary/aromatic N) is 3. The van der Waals surface area contributed by atoms with E-state index >= 15 is 0 Å². The molecule has 3 heterocycles. The fraction of sp³-hybridized carbons (Fsp3) is 0.526. The summed E-state index contributed by atoms with van der Waals surface area (Å²) in [7, 11) is 3.99. The van der Waals surface area contributed by atoms with Crippen molar-refractivity contribution in [3.8, 4) is 5.75 Å². The maximum Gasteiger partial charge on any atom is 0.118 e. The SMILES string of the molecule is COc1ccc([C@H]2[C@@H]3CN(CCc4ncc[nH]4)C[C@@H]3CN2C)cc1. The normalized spacial score (nSPS) is 27.5. The van der Waals surface area contributed by atoms with Gasteiger partial charge in [-0.05, 0) is 36.6 Å². The van der Waals surface area contributed by atoms with Gasteiger partial charge in [-0.3, -0.25) is 4.90 Å². The van der Waals surface area contributed by atoms with Crippen molar-refractivity contribution >= 4 is 0 Å². The fourth-order valence-corrected chi connectivity index (χ4v) is 4.53. The van der Waals surface area contributed by atoms with Gasteiger partial charge in [0, 0.05) is 51.0 Å². The average Bonchev–Trinajstić information content (AvgIpc) is 3.29. The molecule has 0 radical (unpaired) electrons. The summed E-state index contributed by atoms with van der Waals surface area (Å²) >= 11 is 0. The van der Waals surface area contributed by atoms with Crippen LogP contribution in [0.25, 0.3) is 0 Å². The van der Waals surface area contributed by atoms with E-state index in [1.807, 2.05) is 12.4 Å². The Labute approximate surface area is 143 Å². The maximum absolute atomic E-state index is 5.30. The highest BCUT2D eigenvalue weighted by atomic mass is 16.5. The van der Waals surface area contributed by atoms with Gasteiger partial charge < -0.3 is 14.6 Å². The van der Waals surface area contributed by atoms with E-state index in [0.29, 0.717) is 6.04 Å². The minimum Gasteiger partial charge on any atom is -0.497 e. The first-order valence-electron chi connectivity index (χ1n) is 8.79. The molecule has 0 amide bonds. The van der Waals surface area contributed by atoms with E-state index in [1.165, 1.54) is 25.2 Å². The predicted molar refractivity (Wildman–Crippen MR) is 94.1 cm³/mol. The molecular formula is C19H26N4O. The summed E-state index contributed by atoms with van der Waals surface area (Å²) in [4.78, 5) is 12.7. The van der Waals surface area contributed by atoms with Crippen molar-refractivity contribution in [1.29, 1.82) is 0 Å². The summed E-state index contributed by atoms with van der Waals surface area (Å²) in [6, 6.07) is 9.15. The average molecular weight is 326 g/mol. The highest BCUT2D eigenvalue weighted by molar-refractivity contribution is 5.30. The van der Waals surface area contributed by atoms with Crippen molar-refractivity contribution in [1.82, 2.24) is 19.8 Å². The first-order chi connectivity index (χ1) is 11.7. The number of imidazole rings is 1. The standard InChI is InChI=1S/C19H26N4O/c1-22-11-15-12-23(10-7-18-20-8-9-21-18)13-17(15)19(22)14-3-5-16(24-2)6-4-14/h3-6,8-9,15,17,19H,7,10-13H2,1-2H3,(H,20,21)/t15-,17+,19-/m0/s1. The van der Waals surface area contributed by atoms with E-state index in [0.717, 1.165) is 36.4 Å². The first-order valence-corrected chi connectivity index (χ1v) is 8.79. The van der Waals surface area contributed by atoms with Gasteiger partial charge in [0.15, 0.2) is 0 Å². The highest BCUT2D eigenvalue weighted by Gasteiger charge is 2.45. The molecule has 128 valence electrons. The van der Waals surface area contributed by atoms with Crippen LogP contribution in [0, 0.1) is 11.8 Å². The zero-order valence-corrected chi connectivity index (χ0v) is 14.5. The maximum atomic E-state index is 5.30. The van der Waals surface area contributed by atoms with Crippen LogP contribution in [0.5, 0.6) is 5.75 Å². The summed E-state index contributed by atoms with van der Waals surface area (Å²) in [5.41, 5.74) is 1.42. The van der Waals surface area contributed by atoms with Crippen LogP contribution < -0.4 is 4.74 Å². The van der Waals surface area contributed by atoms with Crippen LogP contribution in [-0.2, 0) is 6.42 Å². The molecule has 24 heavy (non-hydrogen) atoms. The second-order valence-corrected chi connectivity index (χ2v) is 7.13. The number of aromatic amines is 1. The molecule has 2 aliphatic rings. The molecule has 0 saturated carbocycles. The van der Waals surface area contributed by atoms with Gasteiger partial charge in [-0.25, -0.2) is 4.98 Å².